The number of benzene rings is 2. The van der Waals surface area contributed by atoms with E-state index in [4.69, 9.17) is 0 Å². The number of amides is 1. The van der Waals surface area contributed by atoms with Crippen molar-refractivity contribution < 1.29 is 35.9 Å². The van der Waals surface area contributed by atoms with Crippen LogP contribution in [0.25, 0.3) is 0 Å². The third-order valence-corrected chi connectivity index (χ3v) is 4.50. The summed E-state index contributed by atoms with van der Waals surface area (Å²) in [6, 6.07) is 7.04. The van der Waals surface area contributed by atoms with Crippen LogP contribution < -0.4 is 10.0 Å². The highest BCUT2D eigenvalue weighted by Crippen LogP contribution is 2.17. The van der Waals surface area contributed by atoms with Crippen LogP contribution in [0.1, 0.15) is 0 Å². The summed E-state index contributed by atoms with van der Waals surface area (Å²) in [6.07, 6.45) is 0. The molecule has 0 unspecified atom stereocenters. The molecule has 11 heteroatoms. The highest BCUT2D eigenvalue weighted by atomic mass is 32.2. The van der Waals surface area contributed by atoms with Gasteiger partial charge in [-0.3, -0.25) is 9.59 Å². The topological polar surface area (TPSA) is 102 Å². The molecular formula is C16H13F3N2O5S. The number of halogens is 3. The molecule has 0 fully saturated rings. The Morgan fingerprint density at radius 2 is 1.63 bits per heavy atom. The zero-order chi connectivity index (χ0) is 20.0. The van der Waals surface area contributed by atoms with E-state index in [2.05, 4.69) is 4.74 Å². The smallest absolute Gasteiger partial charge is 0.321 e. The molecule has 0 saturated heterocycles. The van der Waals surface area contributed by atoms with Gasteiger partial charge in [0.1, 0.15) is 29.7 Å². The zero-order valence-electron chi connectivity index (χ0n) is 13.5. The van der Waals surface area contributed by atoms with Crippen molar-refractivity contribution in [1.82, 2.24) is 4.72 Å². The maximum absolute atomic E-state index is 13.4. The Balaban J connectivity index is 1.85. The monoisotopic (exact) mass is 402 g/mol. The number of hydrogen-bond donors (Lipinski definition) is 2. The number of nitrogens with one attached hydrogen (secondary N) is 2. The van der Waals surface area contributed by atoms with Crippen LogP contribution in [-0.2, 0) is 24.3 Å². The van der Waals surface area contributed by atoms with Gasteiger partial charge in [-0.05, 0) is 30.3 Å². The average Bonchev–Trinajstić information content (AvgIpc) is 2.61. The molecule has 2 N–H and O–H groups in total. The van der Waals surface area contributed by atoms with Gasteiger partial charge in [-0.15, -0.1) is 0 Å². The number of esters is 1. The summed E-state index contributed by atoms with van der Waals surface area (Å²) in [5, 5.41) is 1.89. The molecule has 2 aromatic carbocycles. The van der Waals surface area contributed by atoms with Gasteiger partial charge in [-0.1, -0.05) is 12.1 Å². The molecule has 27 heavy (non-hydrogen) atoms. The van der Waals surface area contributed by atoms with Crippen molar-refractivity contribution in [2.75, 3.05) is 18.5 Å². The van der Waals surface area contributed by atoms with Gasteiger partial charge in [0.25, 0.3) is 5.91 Å². The summed E-state index contributed by atoms with van der Waals surface area (Å²) in [5.41, 5.74) is -0.703. The fraction of sp³-hybridized carbons (Fsp3) is 0.125. The van der Waals surface area contributed by atoms with Crippen LogP contribution >= 0.6 is 0 Å². The first-order chi connectivity index (χ1) is 12.7. The van der Waals surface area contributed by atoms with Crippen molar-refractivity contribution in [3.8, 4) is 0 Å². The molecule has 0 aliphatic carbocycles. The molecule has 0 spiro atoms. The third-order valence-electron chi connectivity index (χ3n) is 3.10. The van der Waals surface area contributed by atoms with Gasteiger partial charge in [-0.25, -0.2) is 21.6 Å². The van der Waals surface area contributed by atoms with Crippen LogP contribution in [0, 0.1) is 17.5 Å². The van der Waals surface area contributed by atoms with E-state index in [1.54, 1.807) is 0 Å². The van der Waals surface area contributed by atoms with Crippen LogP contribution in [0.5, 0.6) is 0 Å². The molecule has 0 aliphatic heterocycles. The Bertz CT molecular complexity index is 946. The minimum Gasteiger partial charge on any atom is -0.455 e. The van der Waals surface area contributed by atoms with Crippen molar-refractivity contribution in [1.29, 1.82) is 0 Å². The van der Waals surface area contributed by atoms with Crippen LogP contribution in [0.15, 0.2) is 47.4 Å². The summed E-state index contributed by atoms with van der Waals surface area (Å²) < 4.78 is 70.0. The molecule has 7 nitrogen and oxygen atoms in total. The minimum atomic E-state index is -4.17. The fourth-order valence-electron chi connectivity index (χ4n) is 1.86. The molecular weight excluding hydrogens is 389 g/mol. The zero-order valence-corrected chi connectivity index (χ0v) is 14.4. The number of sulfonamides is 1. The van der Waals surface area contributed by atoms with Crippen molar-refractivity contribution in [3.63, 3.8) is 0 Å². The standard InChI is InChI=1S/C16H13F3N2O5S/c17-10-3-1-4-11(7-10)27(24,25)20-8-15(23)26-9-14(22)21-16-12(18)5-2-6-13(16)19/h1-7,20H,8-9H2,(H,21,22). The molecule has 0 radical (unpaired) electrons. The number of anilines is 1. The number of carbonyl (C=O) groups excluding carboxylic acids is 2. The van der Waals surface area contributed by atoms with Gasteiger partial charge >= 0.3 is 5.97 Å². The maximum atomic E-state index is 13.4. The summed E-state index contributed by atoms with van der Waals surface area (Å²) in [5.74, 6) is -4.97. The predicted molar refractivity (Wildman–Crippen MR) is 87.5 cm³/mol. The normalized spacial score (nSPS) is 11.1. The van der Waals surface area contributed by atoms with Crippen LogP contribution in [0.4, 0.5) is 18.9 Å². The van der Waals surface area contributed by atoms with E-state index in [1.165, 1.54) is 6.07 Å². The summed E-state index contributed by atoms with van der Waals surface area (Å²) >= 11 is 0. The van der Waals surface area contributed by atoms with Crippen LogP contribution in [0.2, 0.25) is 0 Å². The molecule has 0 aromatic heterocycles. The van der Waals surface area contributed by atoms with Gasteiger partial charge in [0.15, 0.2) is 6.61 Å². The summed E-state index contributed by atoms with van der Waals surface area (Å²) in [6.45, 7) is -1.73. The second-order valence-electron chi connectivity index (χ2n) is 5.09. The number of rotatable bonds is 7. The van der Waals surface area contributed by atoms with E-state index in [9.17, 15) is 31.2 Å². The maximum Gasteiger partial charge on any atom is 0.321 e. The largest absolute Gasteiger partial charge is 0.455 e. The third kappa shape index (κ3) is 5.79. The quantitative estimate of drug-likeness (QED) is 0.685. The van der Waals surface area contributed by atoms with Crippen molar-refractivity contribution >= 4 is 27.6 Å². The lowest BCUT2D eigenvalue weighted by molar-refractivity contribution is -0.146. The molecule has 2 rings (SSSR count). The Kier molecular flexibility index (Phi) is 6.53. The summed E-state index contributed by atoms with van der Waals surface area (Å²) in [4.78, 5) is 22.7. The minimum absolute atomic E-state index is 0.400. The first-order valence-corrected chi connectivity index (χ1v) is 8.82. The van der Waals surface area contributed by atoms with E-state index in [-0.39, 0.29) is 0 Å². The van der Waals surface area contributed by atoms with Gasteiger partial charge in [0, 0.05) is 0 Å². The van der Waals surface area contributed by atoms with Crippen LogP contribution in [0.3, 0.4) is 0 Å². The van der Waals surface area contributed by atoms with Crippen molar-refractivity contribution in [2.24, 2.45) is 0 Å². The lowest BCUT2D eigenvalue weighted by atomic mass is 10.3. The molecule has 0 bridgehead atoms. The van der Waals surface area contributed by atoms with E-state index >= 15 is 0 Å². The first kappa shape index (κ1) is 20.4. The lowest BCUT2D eigenvalue weighted by Crippen LogP contribution is -2.32. The highest BCUT2D eigenvalue weighted by Gasteiger charge is 2.18. The van der Waals surface area contributed by atoms with Crippen molar-refractivity contribution in [3.05, 3.63) is 59.9 Å². The van der Waals surface area contributed by atoms with Crippen molar-refractivity contribution in [2.45, 2.75) is 4.90 Å². The number of ether oxygens (including phenoxy) is 1. The Morgan fingerprint density at radius 3 is 2.26 bits per heavy atom. The first-order valence-electron chi connectivity index (χ1n) is 7.34. The van der Waals surface area contributed by atoms with Gasteiger partial charge in [0.05, 0.1) is 4.90 Å². The second kappa shape index (κ2) is 8.64. The molecule has 0 atom stereocenters. The SMILES string of the molecule is O=C(COC(=O)CNS(=O)(=O)c1cccc(F)c1)Nc1c(F)cccc1F. The van der Waals surface area contributed by atoms with Gasteiger partial charge < -0.3 is 10.1 Å². The number of hydrogen-bond acceptors (Lipinski definition) is 5. The average molecular weight is 402 g/mol. The fourth-order valence-corrected chi connectivity index (χ4v) is 2.86. The molecule has 1 amide bonds. The molecule has 0 aliphatic rings. The lowest BCUT2D eigenvalue weighted by Gasteiger charge is -2.09. The molecule has 2 aromatic rings. The number of carbonyl (C=O) groups is 2. The van der Waals surface area contributed by atoms with E-state index in [0.717, 1.165) is 36.4 Å². The molecule has 144 valence electrons. The second-order valence-corrected chi connectivity index (χ2v) is 6.85. The van der Waals surface area contributed by atoms with Gasteiger partial charge in [0.2, 0.25) is 10.0 Å². The molecule has 0 saturated carbocycles. The summed E-state index contributed by atoms with van der Waals surface area (Å²) in [7, 11) is -4.17. The van der Waals surface area contributed by atoms with E-state index in [1.807, 2.05) is 10.0 Å². The van der Waals surface area contributed by atoms with Gasteiger partial charge in [-0.2, -0.15) is 4.72 Å². The predicted octanol–water partition coefficient (Wildman–Crippen LogP) is 1.56. The van der Waals surface area contributed by atoms with Crippen LogP contribution in [-0.4, -0.2) is 33.4 Å². The van der Waals surface area contributed by atoms with E-state index < -0.39 is 63.1 Å². The van der Waals surface area contributed by atoms with E-state index in [0.29, 0.717) is 0 Å². The number of para-hydroxylation sites is 1. The highest BCUT2D eigenvalue weighted by molar-refractivity contribution is 7.89. The Hall–Kier alpha value is -2.92. The Morgan fingerprint density at radius 1 is 1.00 bits per heavy atom. The molecule has 0 heterocycles. The Labute approximate surface area is 152 Å².